The smallest absolute Gasteiger partial charge is 0.307 e. The topological polar surface area (TPSA) is 47.6 Å². The molecule has 1 fully saturated rings. The van der Waals surface area contributed by atoms with Crippen molar-refractivity contribution in [1.82, 2.24) is 5.32 Å². The summed E-state index contributed by atoms with van der Waals surface area (Å²) in [4.78, 5) is 11.5. The van der Waals surface area contributed by atoms with Crippen LogP contribution in [0.1, 0.15) is 39.0 Å². The lowest BCUT2D eigenvalue weighted by molar-refractivity contribution is -0.142. The number of esters is 1. The fourth-order valence-corrected chi connectivity index (χ4v) is 2.16. The predicted octanol–water partition coefficient (Wildman–Crippen LogP) is 1.49. The van der Waals surface area contributed by atoms with E-state index >= 15 is 0 Å². The second-order valence-corrected chi connectivity index (χ2v) is 4.43. The molecule has 1 aliphatic heterocycles. The van der Waals surface area contributed by atoms with Crippen LogP contribution in [0.3, 0.4) is 0 Å². The van der Waals surface area contributed by atoms with Crippen molar-refractivity contribution >= 4 is 5.97 Å². The fourth-order valence-electron chi connectivity index (χ4n) is 2.16. The highest BCUT2D eigenvalue weighted by atomic mass is 16.5. The first-order valence-electron chi connectivity index (χ1n) is 6.12. The third-order valence-corrected chi connectivity index (χ3v) is 3.13. The van der Waals surface area contributed by atoms with Gasteiger partial charge in [-0.05, 0) is 32.2 Å². The molecule has 0 spiro atoms. The SMILES string of the molecule is CCCNC1(CC(=O)OC)CCCOCC1. The normalized spacial score (nSPS) is 26.1. The molecule has 0 saturated carbocycles. The van der Waals surface area contributed by atoms with Crippen LogP contribution in [0.25, 0.3) is 0 Å². The van der Waals surface area contributed by atoms with Crippen molar-refractivity contribution in [3.8, 4) is 0 Å². The summed E-state index contributed by atoms with van der Waals surface area (Å²) in [6.45, 7) is 4.60. The zero-order chi connectivity index (χ0) is 11.9. The number of carbonyl (C=O) groups excluding carboxylic acids is 1. The van der Waals surface area contributed by atoms with Crippen LogP contribution in [-0.4, -0.2) is 38.4 Å². The second kappa shape index (κ2) is 6.86. The molecule has 1 atom stereocenters. The number of rotatable bonds is 5. The van der Waals surface area contributed by atoms with Gasteiger partial charge in [-0.15, -0.1) is 0 Å². The van der Waals surface area contributed by atoms with E-state index in [2.05, 4.69) is 12.2 Å². The lowest BCUT2D eigenvalue weighted by Crippen LogP contribution is -2.47. The molecule has 0 aromatic carbocycles. The Balaban J connectivity index is 2.60. The van der Waals surface area contributed by atoms with Crippen LogP contribution in [0.4, 0.5) is 0 Å². The number of hydrogen-bond donors (Lipinski definition) is 1. The molecule has 1 unspecified atom stereocenters. The Bertz CT molecular complexity index is 210. The highest BCUT2D eigenvalue weighted by molar-refractivity contribution is 5.70. The van der Waals surface area contributed by atoms with E-state index in [4.69, 9.17) is 9.47 Å². The van der Waals surface area contributed by atoms with Gasteiger partial charge in [0.2, 0.25) is 0 Å². The number of ether oxygens (including phenoxy) is 2. The van der Waals surface area contributed by atoms with Gasteiger partial charge >= 0.3 is 5.97 Å². The summed E-state index contributed by atoms with van der Waals surface area (Å²) in [7, 11) is 1.45. The molecule has 0 aromatic rings. The molecule has 1 N–H and O–H groups in total. The second-order valence-electron chi connectivity index (χ2n) is 4.43. The van der Waals surface area contributed by atoms with Crippen molar-refractivity contribution in [1.29, 1.82) is 0 Å². The maximum atomic E-state index is 11.5. The molecule has 4 heteroatoms. The lowest BCUT2D eigenvalue weighted by Gasteiger charge is -2.32. The molecule has 0 aromatic heterocycles. The molecule has 0 bridgehead atoms. The Hall–Kier alpha value is -0.610. The van der Waals surface area contributed by atoms with Crippen molar-refractivity contribution in [2.45, 2.75) is 44.6 Å². The minimum atomic E-state index is -0.134. The minimum absolute atomic E-state index is 0.112. The monoisotopic (exact) mass is 229 g/mol. The van der Waals surface area contributed by atoms with Gasteiger partial charge in [-0.2, -0.15) is 0 Å². The largest absolute Gasteiger partial charge is 0.469 e. The molecule has 0 aliphatic carbocycles. The van der Waals surface area contributed by atoms with Gasteiger partial charge in [0.05, 0.1) is 13.5 Å². The summed E-state index contributed by atoms with van der Waals surface area (Å²) < 4.78 is 10.2. The predicted molar refractivity (Wildman–Crippen MR) is 62.3 cm³/mol. The van der Waals surface area contributed by atoms with Crippen LogP contribution < -0.4 is 5.32 Å². The fraction of sp³-hybridized carbons (Fsp3) is 0.917. The molecular weight excluding hydrogens is 206 g/mol. The highest BCUT2D eigenvalue weighted by Gasteiger charge is 2.33. The minimum Gasteiger partial charge on any atom is -0.469 e. The maximum absolute atomic E-state index is 11.5. The van der Waals surface area contributed by atoms with Crippen LogP contribution in [-0.2, 0) is 14.3 Å². The quantitative estimate of drug-likeness (QED) is 0.726. The molecule has 1 saturated heterocycles. The Morgan fingerprint density at radius 2 is 2.25 bits per heavy atom. The molecule has 16 heavy (non-hydrogen) atoms. The van der Waals surface area contributed by atoms with Crippen LogP contribution in [0.5, 0.6) is 0 Å². The number of nitrogens with one attached hydrogen (secondary N) is 1. The molecule has 1 heterocycles. The van der Waals surface area contributed by atoms with Gasteiger partial charge in [-0.3, -0.25) is 4.79 Å². The van der Waals surface area contributed by atoms with E-state index in [1.54, 1.807) is 0 Å². The average molecular weight is 229 g/mol. The standard InChI is InChI=1S/C12H23NO3/c1-3-7-13-12(10-11(14)15-2)5-4-8-16-9-6-12/h13H,3-10H2,1-2H3. The van der Waals surface area contributed by atoms with Crippen LogP contribution in [0, 0.1) is 0 Å². The molecular formula is C12H23NO3. The van der Waals surface area contributed by atoms with Gasteiger partial charge in [0.1, 0.15) is 0 Å². The van der Waals surface area contributed by atoms with E-state index in [0.717, 1.165) is 45.4 Å². The van der Waals surface area contributed by atoms with Gasteiger partial charge in [-0.25, -0.2) is 0 Å². The van der Waals surface area contributed by atoms with Crippen molar-refractivity contribution in [2.24, 2.45) is 0 Å². The molecule has 94 valence electrons. The summed E-state index contributed by atoms with van der Waals surface area (Å²) in [5.41, 5.74) is -0.112. The summed E-state index contributed by atoms with van der Waals surface area (Å²) in [6.07, 6.45) is 4.41. The molecule has 1 rings (SSSR count). The van der Waals surface area contributed by atoms with Gasteiger partial charge in [0.25, 0.3) is 0 Å². The summed E-state index contributed by atoms with van der Waals surface area (Å²) in [5.74, 6) is -0.134. The van der Waals surface area contributed by atoms with Crippen LogP contribution in [0.15, 0.2) is 0 Å². The first-order chi connectivity index (χ1) is 7.72. The number of carbonyl (C=O) groups is 1. The lowest BCUT2D eigenvalue weighted by atomic mass is 9.87. The van der Waals surface area contributed by atoms with E-state index < -0.39 is 0 Å². The van der Waals surface area contributed by atoms with E-state index in [0.29, 0.717) is 6.42 Å². The van der Waals surface area contributed by atoms with Crippen molar-refractivity contribution < 1.29 is 14.3 Å². The van der Waals surface area contributed by atoms with Crippen molar-refractivity contribution in [3.63, 3.8) is 0 Å². The third-order valence-electron chi connectivity index (χ3n) is 3.13. The number of methoxy groups -OCH3 is 1. The Labute approximate surface area is 97.7 Å². The van der Waals surface area contributed by atoms with Gasteiger partial charge in [-0.1, -0.05) is 6.92 Å². The zero-order valence-corrected chi connectivity index (χ0v) is 10.4. The van der Waals surface area contributed by atoms with Crippen molar-refractivity contribution in [3.05, 3.63) is 0 Å². The molecule has 0 radical (unpaired) electrons. The maximum Gasteiger partial charge on any atom is 0.307 e. The first kappa shape index (κ1) is 13.5. The van der Waals surface area contributed by atoms with Gasteiger partial charge in [0.15, 0.2) is 0 Å². The zero-order valence-electron chi connectivity index (χ0n) is 10.4. The molecule has 0 amide bonds. The van der Waals surface area contributed by atoms with Gasteiger partial charge < -0.3 is 14.8 Å². The number of hydrogen-bond acceptors (Lipinski definition) is 4. The molecule has 4 nitrogen and oxygen atoms in total. The van der Waals surface area contributed by atoms with Crippen LogP contribution in [0.2, 0.25) is 0 Å². The summed E-state index contributed by atoms with van der Waals surface area (Å²) in [5, 5.41) is 3.51. The molecule has 1 aliphatic rings. The van der Waals surface area contributed by atoms with E-state index in [1.807, 2.05) is 0 Å². The summed E-state index contributed by atoms with van der Waals surface area (Å²) in [6, 6.07) is 0. The van der Waals surface area contributed by atoms with E-state index in [1.165, 1.54) is 7.11 Å². The Morgan fingerprint density at radius 1 is 1.44 bits per heavy atom. The Kier molecular flexibility index (Phi) is 5.77. The van der Waals surface area contributed by atoms with Gasteiger partial charge in [0, 0.05) is 18.8 Å². The third kappa shape index (κ3) is 4.10. The Morgan fingerprint density at radius 3 is 2.94 bits per heavy atom. The first-order valence-corrected chi connectivity index (χ1v) is 6.12. The van der Waals surface area contributed by atoms with E-state index in [9.17, 15) is 4.79 Å². The summed E-state index contributed by atoms with van der Waals surface area (Å²) >= 11 is 0. The van der Waals surface area contributed by atoms with E-state index in [-0.39, 0.29) is 11.5 Å². The average Bonchev–Trinajstić information content (AvgIpc) is 2.52. The van der Waals surface area contributed by atoms with Crippen LogP contribution >= 0.6 is 0 Å². The highest BCUT2D eigenvalue weighted by Crippen LogP contribution is 2.25. The van der Waals surface area contributed by atoms with Crippen molar-refractivity contribution in [2.75, 3.05) is 26.9 Å².